The molecule has 0 N–H and O–H groups in total. The molecule has 0 aromatic heterocycles. The minimum atomic E-state index is -0.283. The molecule has 3 aromatic carbocycles. The maximum atomic E-state index is 13.5. The third-order valence-electron chi connectivity index (χ3n) is 9.08. The molecule has 5 heteroatoms. The van der Waals surface area contributed by atoms with E-state index in [0.717, 1.165) is 61.9 Å². The minimum Gasteiger partial charge on any atom is -0.342 e. The van der Waals surface area contributed by atoms with E-state index in [2.05, 4.69) is 59.7 Å². The molecule has 1 unspecified atom stereocenters. The van der Waals surface area contributed by atoms with Crippen molar-refractivity contribution in [2.45, 2.75) is 103 Å². The molecule has 0 bridgehead atoms. The van der Waals surface area contributed by atoms with Crippen molar-refractivity contribution in [1.29, 1.82) is 0 Å². The average Bonchev–Trinajstić information content (AvgIpc) is 3.45. The first-order valence-electron chi connectivity index (χ1n) is 16.2. The van der Waals surface area contributed by atoms with Crippen molar-refractivity contribution < 1.29 is 18.4 Å². The summed E-state index contributed by atoms with van der Waals surface area (Å²) in [5.74, 6) is 0.153. The van der Waals surface area contributed by atoms with Gasteiger partial charge in [0.05, 0.1) is 0 Å². The Hall–Kier alpha value is -3.34. The molecule has 236 valence electrons. The summed E-state index contributed by atoms with van der Waals surface area (Å²) in [7, 11) is 0. The summed E-state index contributed by atoms with van der Waals surface area (Å²) < 4.78 is 27.1. The standard InChI is InChI=1S/C39H49F2NO2/c1-38(2,3)31-23-30(24-32(25-31)39(4,5)6)36(43)20-11-27-21-22-42(26-27)37(44)10-8-7-9-35(28-12-16-33(40)17-13-28)29-14-18-34(41)19-15-29/h12-19,23-25,27,35H,7-11,20-22,26H2,1-6H3. The van der Waals surface area contributed by atoms with Crippen LogP contribution in [0.15, 0.2) is 66.7 Å². The molecular formula is C39H49F2NO2. The Bertz CT molecular complexity index is 1340. The van der Waals surface area contributed by atoms with E-state index in [1.54, 1.807) is 24.3 Å². The molecule has 0 radical (unpaired) electrons. The van der Waals surface area contributed by atoms with Crippen molar-refractivity contribution in [2.75, 3.05) is 13.1 Å². The molecule has 1 amide bonds. The largest absolute Gasteiger partial charge is 0.342 e. The monoisotopic (exact) mass is 601 g/mol. The van der Waals surface area contributed by atoms with Gasteiger partial charge < -0.3 is 4.90 Å². The Morgan fingerprint density at radius 1 is 0.773 bits per heavy atom. The van der Waals surface area contributed by atoms with E-state index in [0.29, 0.717) is 18.8 Å². The van der Waals surface area contributed by atoms with E-state index in [1.165, 1.54) is 35.4 Å². The van der Waals surface area contributed by atoms with Crippen molar-refractivity contribution in [2.24, 2.45) is 5.92 Å². The number of likely N-dealkylation sites (tertiary alicyclic amines) is 1. The fraction of sp³-hybridized carbons (Fsp3) is 0.487. The van der Waals surface area contributed by atoms with Gasteiger partial charge in [-0.1, -0.05) is 78.3 Å². The van der Waals surface area contributed by atoms with E-state index >= 15 is 0 Å². The van der Waals surface area contributed by atoms with Crippen LogP contribution < -0.4 is 0 Å². The van der Waals surface area contributed by atoms with Gasteiger partial charge in [0.25, 0.3) is 0 Å². The Balaban J connectivity index is 1.27. The van der Waals surface area contributed by atoms with E-state index in [1.807, 2.05) is 4.90 Å². The number of benzene rings is 3. The molecule has 1 heterocycles. The molecule has 0 saturated carbocycles. The zero-order chi connectivity index (χ0) is 32.1. The third-order valence-corrected chi connectivity index (χ3v) is 9.08. The van der Waals surface area contributed by atoms with Crippen molar-refractivity contribution >= 4 is 11.7 Å². The van der Waals surface area contributed by atoms with Crippen LogP contribution in [0.1, 0.15) is 125 Å². The fourth-order valence-corrected chi connectivity index (χ4v) is 6.13. The van der Waals surface area contributed by atoms with Crippen LogP contribution in [-0.4, -0.2) is 29.7 Å². The van der Waals surface area contributed by atoms with Gasteiger partial charge in [0.15, 0.2) is 5.78 Å². The van der Waals surface area contributed by atoms with Gasteiger partial charge in [-0.05, 0) is 101 Å². The molecule has 1 aliphatic rings. The minimum absolute atomic E-state index is 0.0172. The average molecular weight is 602 g/mol. The highest BCUT2D eigenvalue weighted by atomic mass is 19.1. The first-order valence-corrected chi connectivity index (χ1v) is 16.2. The highest BCUT2D eigenvalue weighted by molar-refractivity contribution is 5.96. The lowest BCUT2D eigenvalue weighted by atomic mass is 9.79. The van der Waals surface area contributed by atoms with Crippen molar-refractivity contribution in [3.8, 4) is 0 Å². The summed E-state index contributed by atoms with van der Waals surface area (Å²) in [5.41, 5.74) is 5.08. The van der Waals surface area contributed by atoms with Gasteiger partial charge in [0.2, 0.25) is 5.91 Å². The van der Waals surface area contributed by atoms with Crippen molar-refractivity contribution in [1.82, 2.24) is 4.90 Å². The lowest BCUT2D eigenvalue weighted by molar-refractivity contribution is -0.130. The Kier molecular flexibility index (Phi) is 10.8. The van der Waals surface area contributed by atoms with Crippen LogP contribution >= 0.6 is 0 Å². The number of Topliss-reactive ketones (excluding diaryl/α,β-unsaturated/α-hetero) is 1. The predicted molar refractivity (Wildman–Crippen MR) is 175 cm³/mol. The van der Waals surface area contributed by atoms with E-state index in [-0.39, 0.29) is 40.1 Å². The van der Waals surface area contributed by atoms with E-state index < -0.39 is 0 Å². The first-order chi connectivity index (χ1) is 20.7. The first kappa shape index (κ1) is 33.6. The predicted octanol–water partition coefficient (Wildman–Crippen LogP) is 9.76. The zero-order valence-electron chi connectivity index (χ0n) is 27.4. The van der Waals surface area contributed by atoms with Gasteiger partial charge >= 0.3 is 0 Å². The van der Waals surface area contributed by atoms with E-state index in [9.17, 15) is 18.4 Å². The van der Waals surface area contributed by atoms with Crippen molar-refractivity contribution in [3.63, 3.8) is 0 Å². The van der Waals surface area contributed by atoms with Gasteiger partial charge in [-0.3, -0.25) is 9.59 Å². The summed E-state index contributed by atoms with van der Waals surface area (Å²) in [4.78, 5) is 28.3. The van der Waals surface area contributed by atoms with Crippen LogP contribution in [-0.2, 0) is 15.6 Å². The summed E-state index contributed by atoms with van der Waals surface area (Å²) >= 11 is 0. The molecule has 3 nitrogen and oxygen atoms in total. The van der Waals surface area contributed by atoms with Gasteiger partial charge in [-0.2, -0.15) is 0 Å². The topological polar surface area (TPSA) is 37.4 Å². The molecule has 1 saturated heterocycles. The number of halogens is 2. The molecule has 44 heavy (non-hydrogen) atoms. The highest BCUT2D eigenvalue weighted by Gasteiger charge is 2.27. The van der Waals surface area contributed by atoms with Gasteiger partial charge in [-0.25, -0.2) is 8.78 Å². The molecule has 0 aliphatic carbocycles. The zero-order valence-corrected chi connectivity index (χ0v) is 27.4. The number of rotatable bonds is 11. The number of ketones is 1. The lowest BCUT2D eigenvalue weighted by Crippen LogP contribution is -2.28. The number of carbonyl (C=O) groups excluding carboxylic acids is 2. The molecular weight excluding hydrogens is 552 g/mol. The number of unbranched alkanes of at least 4 members (excludes halogenated alkanes) is 1. The summed E-state index contributed by atoms with van der Waals surface area (Å²) in [6.07, 6.45) is 5.11. The Morgan fingerprint density at radius 2 is 1.30 bits per heavy atom. The number of carbonyl (C=O) groups is 2. The van der Waals surface area contributed by atoms with Crippen molar-refractivity contribution in [3.05, 3.63) is 106 Å². The summed E-state index contributed by atoms with van der Waals surface area (Å²) in [5, 5.41) is 0. The van der Waals surface area contributed by atoms with E-state index in [4.69, 9.17) is 0 Å². The lowest BCUT2D eigenvalue weighted by Gasteiger charge is -2.26. The fourth-order valence-electron chi connectivity index (χ4n) is 6.13. The smallest absolute Gasteiger partial charge is 0.222 e. The Morgan fingerprint density at radius 3 is 1.80 bits per heavy atom. The molecule has 1 aliphatic heterocycles. The maximum Gasteiger partial charge on any atom is 0.222 e. The van der Waals surface area contributed by atoms with Gasteiger partial charge in [-0.15, -0.1) is 0 Å². The molecule has 1 atom stereocenters. The van der Waals surface area contributed by atoms with Crippen LogP contribution in [0, 0.1) is 17.6 Å². The second kappa shape index (κ2) is 14.2. The number of amides is 1. The maximum absolute atomic E-state index is 13.5. The molecule has 0 spiro atoms. The Labute approximate surface area is 263 Å². The number of hydrogen-bond donors (Lipinski definition) is 0. The van der Waals surface area contributed by atoms with Crippen LogP contribution in [0.25, 0.3) is 0 Å². The SMILES string of the molecule is CC(C)(C)c1cc(C(=O)CCC2CCN(C(=O)CCCCC(c3ccc(F)cc3)c3ccc(F)cc3)C2)cc(C(C)(C)C)c1. The normalized spacial score (nSPS) is 15.7. The highest BCUT2D eigenvalue weighted by Crippen LogP contribution is 2.33. The van der Waals surface area contributed by atoms with Crippen LogP contribution in [0.5, 0.6) is 0 Å². The molecule has 1 fully saturated rings. The summed E-state index contributed by atoms with van der Waals surface area (Å²) in [6, 6.07) is 19.3. The van der Waals surface area contributed by atoms with Crippen LogP contribution in [0.3, 0.4) is 0 Å². The molecule has 4 rings (SSSR count). The second-order valence-electron chi connectivity index (χ2n) is 14.7. The van der Waals surface area contributed by atoms with Crippen LogP contribution in [0.2, 0.25) is 0 Å². The van der Waals surface area contributed by atoms with Crippen LogP contribution in [0.4, 0.5) is 8.78 Å². The number of nitrogens with zero attached hydrogens (tertiary/aromatic N) is 1. The summed E-state index contributed by atoms with van der Waals surface area (Å²) in [6.45, 7) is 14.6. The number of hydrogen-bond acceptors (Lipinski definition) is 2. The third kappa shape index (κ3) is 9.09. The van der Waals surface area contributed by atoms with Gasteiger partial charge in [0, 0.05) is 37.4 Å². The second-order valence-corrected chi connectivity index (χ2v) is 14.7. The quantitative estimate of drug-likeness (QED) is 0.162. The van der Waals surface area contributed by atoms with Gasteiger partial charge in [0.1, 0.15) is 11.6 Å². The molecule has 3 aromatic rings.